The molecule has 0 aliphatic carbocycles. The van der Waals surface area contributed by atoms with Crippen LogP contribution >= 0.6 is 0 Å². The number of carbonyl (C=O) groups excluding carboxylic acids is 7. The number of rotatable bonds is 23. The van der Waals surface area contributed by atoms with Gasteiger partial charge in [0.25, 0.3) is 23.6 Å². The van der Waals surface area contributed by atoms with Gasteiger partial charge in [-0.25, -0.2) is 14.9 Å². The van der Waals surface area contributed by atoms with E-state index in [2.05, 4.69) is 20.9 Å². The minimum absolute atomic E-state index is 0.00490. The minimum atomic E-state index is -1.12. The van der Waals surface area contributed by atoms with Gasteiger partial charge in [-0.05, 0) is 55.8 Å². The Bertz CT molecular complexity index is 2370. The highest BCUT2D eigenvalue weighted by molar-refractivity contribution is 6.24. The Labute approximate surface area is 359 Å². The van der Waals surface area contributed by atoms with E-state index in [4.69, 9.17) is 28.9 Å². The van der Waals surface area contributed by atoms with Crippen LogP contribution in [0.3, 0.4) is 0 Å². The van der Waals surface area contributed by atoms with Crippen molar-refractivity contribution < 1.29 is 66.8 Å². The third-order valence-corrected chi connectivity index (χ3v) is 9.91. The lowest BCUT2D eigenvalue weighted by Gasteiger charge is -2.27. The summed E-state index contributed by atoms with van der Waals surface area (Å²) in [7, 11) is 0. The van der Waals surface area contributed by atoms with E-state index in [0.29, 0.717) is 49.0 Å². The Hall–Kier alpha value is -6.65. The number of ether oxygens (including phenoxy) is 5. The first-order valence-corrected chi connectivity index (χ1v) is 20.0. The molecule has 21 heteroatoms. The zero-order valence-electron chi connectivity index (χ0n) is 34.2. The summed E-state index contributed by atoms with van der Waals surface area (Å²) in [4.78, 5) is 91.8. The predicted octanol–water partition coefficient (Wildman–Crippen LogP) is 1.64. The molecule has 1 unspecified atom stereocenters. The van der Waals surface area contributed by atoms with E-state index < -0.39 is 53.9 Å². The number of piperidine rings is 1. The molecular formula is C42H46FN7O13. The molecule has 2 aliphatic rings. The van der Waals surface area contributed by atoms with Crippen LogP contribution in [-0.4, -0.2) is 133 Å². The van der Waals surface area contributed by atoms with E-state index in [1.54, 1.807) is 25.1 Å². The van der Waals surface area contributed by atoms with Gasteiger partial charge in [-0.3, -0.25) is 49.0 Å². The molecule has 0 saturated carbocycles. The Morgan fingerprint density at radius 2 is 1.59 bits per heavy atom. The topological polar surface area (TPSA) is 255 Å². The molecule has 334 valence electrons. The lowest BCUT2D eigenvalue weighted by Crippen LogP contribution is -2.54. The van der Waals surface area contributed by atoms with E-state index in [0.717, 1.165) is 16.5 Å². The normalized spacial score (nSPS) is 14.8. The van der Waals surface area contributed by atoms with Gasteiger partial charge in [0.1, 0.15) is 23.4 Å². The van der Waals surface area contributed by atoms with Crippen LogP contribution in [0, 0.1) is 12.7 Å². The van der Waals surface area contributed by atoms with Gasteiger partial charge in [0.15, 0.2) is 6.61 Å². The van der Waals surface area contributed by atoms with Crippen molar-refractivity contribution in [3.8, 4) is 5.75 Å². The number of hydroxylamine groups is 1. The van der Waals surface area contributed by atoms with Crippen molar-refractivity contribution in [2.45, 2.75) is 38.8 Å². The van der Waals surface area contributed by atoms with Crippen molar-refractivity contribution in [1.82, 2.24) is 30.6 Å². The van der Waals surface area contributed by atoms with Crippen LogP contribution in [0.25, 0.3) is 11.0 Å². The number of carbonyl (C=O) groups is 7. The molecule has 1 fully saturated rings. The number of aryl methyl sites for hydroxylation is 1. The molecule has 0 bridgehead atoms. The second kappa shape index (κ2) is 21.9. The van der Waals surface area contributed by atoms with Crippen molar-refractivity contribution in [2.75, 3.05) is 71.3 Å². The van der Waals surface area contributed by atoms with Crippen molar-refractivity contribution in [2.24, 2.45) is 0 Å². The molecule has 7 amide bonds. The third kappa shape index (κ3) is 11.8. The fourth-order valence-electron chi connectivity index (χ4n) is 6.79. The standard InChI is InChI=1S/C42H46FN7O13/c1-25-45-31-22-28(7-8-32(31)49(25)23-27-6-5-26(21-30(27)43)39(54)48-58)46-36(52)11-13-59-15-17-61-19-20-62-18-16-60-14-12-44-37(53)24-63-34-4-2-3-29-38(34)42(57)50(41(29)56)33-9-10-35(51)47-40(33)55/h2-8,21-22,33,58H,9-20,23-24H2,1H3,(H,44,53)(H,46,52)(H,48,54)(H,47,51,55). The van der Waals surface area contributed by atoms with Crippen molar-refractivity contribution in [3.63, 3.8) is 0 Å². The molecule has 0 radical (unpaired) electrons. The van der Waals surface area contributed by atoms with E-state index >= 15 is 0 Å². The molecule has 63 heavy (non-hydrogen) atoms. The maximum absolute atomic E-state index is 14.7. The zero-order chi connectivity index (χ0) is 44.9. The Morgan fingerprint density at radius 1 is 0.873 bits per heavy atom. The van der Waals surface area contributed by atoms with Crippen LogP contribution in [0.4, 0.5) is 10.1 Å². The number of nitrogens with one attached hydrogen (secondary N) is 4. The van der Waals surface area contributed by atoms with Crippen LogP contribution < -0.4 is 26.2 Å². The molecule has 2 aliphatic heterocycles. The molecule has 1 atom stereocenters. The largest absolute Gasteiger partial charge is 0.483 e. The Kier molecular flexibility index (Phi) is 16.0. The summed E-state index contributed by atoms with van der Waals surface area (Å²) in [6, 6.07) is 12.4. The first-order valence-electron chi connectivity index (χ1n) is 20.0. The third-order valence-electron chi connectivity index (χ3n) is 9.91. The Balaban J connectivity index is 0.764. The fraction of sp³-hybridized carbons (Fsp3) is 0.381. The smallest absolute Gasteiger partial charge is 0.274 e. The monoisotopic (exact) mass is 875 g/mol. The van der Waals surface area contributed by atoms with Crippen LogP contribution in [-0.2, 0) is 44.7 Å². The summed E-state index contributed by atoms with van der Waals surface area (Å²) < 4.78 is 44.0. The van der Waals surface area contributed by atoms with Gasteiger partial charge in [-0.2, -0.15) is 0 Å². The molecule has 0 spiro atoms. The Morgan fingerprint density at radius 3 is 2.29 bits per heavy atom. The van der Waals surface area contributed by atoms with Crippen molar-refractivity contribution >= 4 is 58.1 Å². The molecule has 5 N–H and O–H groups in total. The van der Waals surface area contributed by atoms with Gasteiger partial charge in [0.2, 0.25) is 17.7 Å². The van der Waals surface area contributed by atoms with E-state index in [1.807, 2.05) is 4.57 Å². The average molecular weight is 876 g/mol. The number of hydrogen-bond acceptors (Lipinski definition) is 14. The van der Waals surface area contributed by atoms with E-state index in [-0.39, 0.29) is 87.1 Å². The lowest BCUT2D eigenvalue weighted by molar-refractivity contribution is -0.136. The number of hydrogen-bond donors (Lipinski definition) is 5. The van der Waals surface area contributed by atoms with Gasteiger partial charge in [0, 0.05) is 29.8 Å². The number of fused-ring (bicyclic) bond motifs is 2. The molecule has 3 heterocycles. The van der Waals surface area contributed by atoms with E-state index in [1.165, 1.54) is 35.8 Å². The molecule has 3 aromatic carbocycles. The maximum atomic E-state index is 14.7. The van der Waals surface area contributed by atoms with Gasteiger partial charge in [0.05, 0.1) is 88.0 Å². The summed E-state index contributed by atoms with van der Waals surface area (Å²) in [5.74, 6) is -4.11. The highest BCUT2D eigenvalue weighted by atomic mass is 19.1. The number of amides is 7. The van der Waals surface area contributed by atoms with Gasteiger partial charge < -0.3 is 38.9 Å². The first kappa shape index (κ1) is 45.9. The molecule has 1 saturated heterocycles. The minimum Gasteiger partial charge on any atom is -0.483 e. The number of imidazole rings is 1. The SMILES string of the molecule is Cc1nc2cc(NC(=O)CCOCCOCCOCCOCCNC(=O)COc3cccc4c3C(=O)N(C3CCC(=O)NC3=O)C4=O)ccc2n1Cc1ccc(C(=O)NO)cc1F. The maximum Gasteiger partial charge on any atom is 0.274 e. The quantitative estimate of drug-likeness (QED) is 0.0308. The second-order valence-electron chi connectivity index (χ2n) is 14.2. The summed E-state index contributed by atoms with van der Waals surface area (Å²) >= 11 is 0. The van der Waals surface area contributed by atoms with Crippen LogP contribution in [0.15, 0.2) is 54.6 Å². The molecule has 20 nitrogen and oxygen atoms in total. The zero-order valence-corrected chi connectivity index (χ0v) is 34.2. The number of imide groups is 2. The number of aromatic nitrogens is 2. The fourth-order valence-corrected chi connectivity index (χ4v) is 6.79. The summed E-state index contributed by atoms with van der Waals surface area (Å²) in [5.41, 5.74) is 3.67. The van der Waals surface area contributed by atoms with Gasteiger partial charge in [-0.15, -0.1) is 0 Å². The van der Waals surface area contributed by atoms with Crippen molar-refractivity contribution in [1.29, 1.82) is 0 Å². The van der Waals surface area contributed by atoms with Crippen LogP contribution in [0.1, 0.15) is 61.7 Å². The molecule has 4 aromatic rings. The van der Waals surface area contributed by atoms with Gasteiger partial charge in [-0.1, -0.05) is 12.1 Å². The lowest BCUT2D eigenvalue weighted by atomic mass is 10.0. The summed E-state index contributed by atoms with van der Waals surface area (Å²) in [6.45, 7) is 3.87. The van der Waals surface area contributed by atoms with Crippen LogP contribution in [0.2, 0.25) is 0 Å². The predicted molar refractivity (Wildman–Crippen MR) is 217 cm³/mol. The second-order valence-corrected chi connectivity index (χ2v) is 14.2. The average Bonchev–Trinajstić information content (AvgIpc) is 3.71. The summed E-state index contributed by atoms with van der Waals surface area (Å²) in [5, 5.41) is 16.4. The number of anilines is 1. The number of benzene rings is 3. The number of nitrogens with zero attached hydrogens (tertiary/aromatic N) is 3. The molecule has 1 aromatic heterocycles. The van der Waals surface area contributed by atoms with Gasteiger partial charge >= 0.3 is 0 Å². The molecular weight excluding hydrogens is 829 g/mol. The highest BCUT2D eigenvalue weighted by Crippen LogP contribution is 2.33. The first-order chi connectivity index (χ1) is 30.4. The van der Waals surface area contributed by atoms with Crippen molar-refractivity contribution in [3.05, 3.63) is 88.5 Å². The van der Waals surface area contributed by atoms with E-state index in [9.17, 15) is 38.0 Å². The number of halogens is 1. The molecule has 6 rings (SSSR count). The highest BCUT2D eigenvalue weighted by Gasteiger charge is 2.46. The van der Waals surface area contributed by atoms with Crippen LogP contribution in [0.5, 0.6) is 5.75 Å². The summed E-state index contributed by atoms with van der Waals surface area (Å²) in [6.07, 6.45) is 0.130.